The Balaban J connectivity index is 1.56. The average molecular weight is 312 g/mol. The predicted molar refractivity (Wildman–Crippen MR) is 89.9 cm³/mol. The van der Waals surface area contributed by atoms with Gasteiger partial charge in [0.25, 0.3) is 0 Å². The van der Waals surface area contributed by atoms with Crippen molar-refractivity contribution >= 4 is 11.3 Å². The highest BCUT2D eigenvalue weighted by atomic mass is 32.1. The number of hydrogen-bond acceptors (Lipinski definition) is 4. The van der Waals surface area contributed by atoms with E-state index in [0.717, 1.165) is 13.1 Å². The van der Waals surface area contributed by atoms with Crippen LogP contribution in [0.3, 0.4) is 0 Å². The van der Waals surface area contributed by atoms with E-state index in [9.17, 15) is 0 Å². The second kappa shape index (κ2) is 6.85. The largest absolute Gasteiger partial charge is 0.305 e. The van der Waals surface area contributed by atoms with Crippen molar-refractivity contribution in [2.24, 2.45) is 0 Å². The van der Waals surface area contributed by atoms with Crippen LogP contribution in [-0.2, 0) is 13.1 Å². The van der Waals surface area contributed by atoms with Gasteiger partial charge in [-0.05, 0) is 42.0 Å². The summed E-state index contributed by atoms with van der Waals surface area (Å²) in [4.78, 5) is 5.38. The molecule has 2 aromatic heterocycles. The van der Waals surface area contributed by atoms with Gasteiger partial charge in [0.15, 0.2) is 0 Å². The molecule has 1 N–H and O–H groups in total. The zero-order valence-electron chi connectivity index (χ0n) is 12.9. The van der Waals surface area contributed by atoms with Crippen molar-refractivity contribution in [3.8, 4) is 0 Å². The molecule has 0 fully saturated rings. The number of aromatic nitrogens is 3. The molecule has 0 aliphatic carbocycles. The Morgan fingerprint density at radius 2 is 1.95 bits per heavy atom. The minimum atomic E-state index is 0.384. The van der Waals surface area contributed by atoms with Gasteiger partial charge in [0.1, 0.15) is 12.7 Å². The number of hydrogen-bond donors (Lipinski definition) is 1. The van der Waals surface area contributed by atoms with E-state index < -0.39 is 0 Å². The lowest BCUT2D eigenvalue weighted by molar-refractivity contribution is 0.580. The molecule has 0 aliphatic rings. The smallest absolute Gasteiger partial charge is 0.137 e. The van der Waals surface area contributed by atoms with Crippen LogP contribution in [0, 0.1) is 6.92 Å². The molecule has 1 aromatic carbocycles. The first-order chi connectivity index (χ1) is 10.7. The minimum Gasteiger partial charge on any atom is -0.305 e. The summed E-state index contributed by atoms with van der Waals surface area (Å²) in [5.74, 6) is 0. The molecule has 5 heteroatoms. The van der Waals surface area contributed by atoms with Crippen LogP contribution in [0.5, 0.6) is 0 Å². The standard InChI is InChI=1S/C17H20N4S/c1-13-7-8-22-17(13)14(2)19-9-15-3-5-16(6-4-15)10-21-12-18-11-20-21/h3-8,11-12,14,19H,9-10H2,1-2H3/t14-/m0/s1. The molecule has 1 atom stereocenters. The molecule has 0 saturated heterocycles. The molecular weight excluding hydrogens is 292 g/mol. The third-order valence-corrected chi connectivity index (χ3v) is 4.94. The number of nitrogens with one attached hydrogen (secondary N) is 1. The Kier molecular flexibility index (Phi) is 4.65. The van der Waals surface area contributed by atoms with Crippen LogP contribution in [0.1, 0.15) is 34.5 Å². The van der Waals surface area contributed by atoms with Crippen LogP contribution in [0.25, 0.3) is 0 Å². The van der Waals surface area contributed by atoms with Gasteiger partial charge in [-0.3, -0.25) is 0 Å². The molecule has 2 heterocycles. The molecule has 4 nitrogen and oxygen atoms in total. The summed E-state index contributed by atoms with van der Waals surface area (Å²) < 4.78 is 1.83. The summed E-state index contributed by atoms with van der Waals surface area (Å²) in [7, 11) is 0. The number of thiophene rings is 1. The second-order valence-electron chi connectivity index (χ2n) is 5.48. The van der Waals surface area contributed by atoms with Crippen LogP contribution in [0.15, 0.2) is 48.4 Å². The van der Waals surface area contributed by atoms with Gasteiger partial charge in [0.05, 0.1) is 6.54 Å². The maximum absolute atomic E-state index is 4.12. The molecule has 0 radical (unpaired) electrons. The average Bonchev–Trinajstić information content (AvgIpc) is 3.18. The minimum absolute atomic E-state index is 0.384. The van der Waals surface area contributed by atoms with Crippen molar-refractivity contribution in [1.29, 1.82) is 0 Å². The maximum Gasteiger partial charge on any atom is 0.137 e. The van der Waals surface area contributed by atoms with E-state index in [0.29, 0.717) is 6.04 Å². The third-order valence-electron chi connectivity index (χ3n) is 3.74. The molecule has 0 bridgehead atoms. The lowest BCUT2D eigenvalue weighted by Crippen LogP contribution is -2.17. The topological polar surface area (TPSA) is 42.7 Å². The SMILES string of the molecule is Cc1ccsc1[C@H](C)NCc1ccc(Cn2cncn2)cc1. The number of aryl methyl sites for hydroxylation is 1. The van der Waals surface area contributed by atoms with Gasteiger partial charge >= 0.3 is 0 Å². The Bertz CT molecular complexity index is 701. The number of nitrogens with zero attached hydrogens (tertiary/aromatic N) is 3. The lowest BCUT2D eigenvalue weighted by Gasteiger charge is -2.14. The summed E-state index contributed by atoms with van der Waals surface area (Å²) in [5.41, 5.74) is 3.90. The van der Waals surface area contributed by atoms with Gasteiger partial charge in [0.2, 0.25) is 0 Å². The summed E-state index contributed by atoms with van der Waals surface area (Å²) >= 11 is 1.82. The Hall–Kier alpha value is -1.98. The van der Waals surface area contributed by atoms with Gasteiger partial charge in [-0.15, -0.1) is 11.3 Å². The fourth-order valence-electron chi connectivity index (χ4n) is 2.46. The molecule has 114 valence electrons. The van der Waals surface area contributed by atoms with Gasteiger partial charge in [-0.25, -0.2) is 9.67 Å². The highest BCUT2D eigenvalue weighted by molar-refractivity contribution is 7.10. The summed E-state index contributed by atoms with van der Waals surface area (Å²) in [6.07, 6.45) is 3.30. The van der Waals surface area contributed by atoms with Crippen molar-refractivity contribution in [3.05, 3.63) is 69.9 Å². The van der Waals surface area contributed by atoms with Crippen molar-refractivity contribution in [1.82, 2.24) is 20.1 Å². The zero-order chi connectivity index (χ0) is 15.4. The highest BCUT2D eigenvalue weighted by Crippen LogP contribution is 2.23. The van der Waals surface area contributed by atoms with Gasteiger partial charge in [-0.1, -0.05) is 24.3 Å². The Morgan fingerprint density at radius 3 is 2.59 bits per heavy atom. The molecule has 0 spiro atoms. The monoisotopic (exact) mass is 312 g/mol. The van der Waals surface area contributed by atoms with E-state index >= 15 is 0 Å². The third kappa shape index (κ3) is 3.61. The first-order valence-corrected chi connectivity index (χ1v) is 8.28. The van der Waals surface area contributed by atoms with Gasteiger partial charge < -0.3 is 5.32 Å². The molecule has 0 saturated carbocycles. The van der Waals surface area contributed by atoms with Crippen molar-refractivity contribution in [2.75, 3.05) is 0 Å². The summed E-state index contributed by atoms with van der Waals surface area (Å²) in [5, 5.41) is 9.87. The fraction of sp³-hybridized carbons (Fsp3) is 0.294. The van der Waals surface area contributed by atoms with Crippen molar-refractivity contribution in [3.63, 3.8) is 0 Å². The molecule has 3 rings (SSSR count). The van der Waals surface area contributed by atoms with Crippen LogP contribution in [-0.4, -0.2) is 14.8 Å². The van der Waals surface area contributed by atoms with E-state index in [1.54, 1.807) is 12.7 Å². The van der Waals surface area contributed by atoms with Crippen molar-refractivity contribution < 1.29 is 0 Å². The lowest BCUT2D eigenvalue weighted by atomic mass is 10.1. The predicted octanol–water partition coefficient (Wildman–Crippen LogP) is 3.55. The molecule has 3 aromatic rings. The van der Waals surface area contributed by atoms with E-state index in [1.165, 1.54) is 21.6 Å². The molecule has 22 heavy (non-hydrogen) atoms. The van der Waals surface area contributed by atoms with E-state index in [4.69, 9.17) is 0 Å². The van der Waals surface area contributed by atoms with Crippen LogP contribution < -0.4 is 5.32 Å². The second-order valence-corrected chi connectivity index (χ2v) is 6.43. The Morgan fingerprint density at radius 1 is 1.18 bits per heavy atom. The molecule has 0 amide bonds. The van der Waals surface area contributed by atoms with E-state index in [1.807, 2.05) is 16.0 Å². The number of rotatable bonds is 6. The normalized spacial score (nSPS) is 12.5. The highest BCUT2D eigenvalue weighted by Gasteiger charge is 2.09. The molecular formula is C17H20N4S. The Labute approximate surface area is 134 Å². The molecule has 0 unspecified atom stereocenters. The van der Waals surface area contributed by atoms with E-state index in [2.05, 4.69) is 65.0 Å². The summed E-state index contributed by atoms with van der Waals surface area (Å²) in [6, 6.07) is 11.2. The fourth-order valence-corrected chi connectivity index (χ4v) is 3.42. The van der Waals surface area contributed by atoms with Gasteiger partial charge in [0, 0.05) is 17.5 Å². The van der Waals surface area contributed by atoms with Gasteiger partial charge in [-0.2, -0.15) is 5.10 Å². The van der Waals surface area contributed by atoms with Crippen LogP contribution in [0.4, 0.5) is 0 Å². The zero-order valence-corrected chi connectivity index (χ0v) is 13.7. The first-order valence-electron chi connectivity index (χ1n) is 7.40. The first kappa shape index (κ1) is 14.9. The molecule has 0 aliphatic heterocycles. The van der Waals surface area contributed by atoms with E-state index in [-0.39, 0.29) is 0 Å². The van der Waals surface area contributed by atoms with Crippen LogP contribution in [0.2, 0.25) is 0 Å². The van der Waals surface area contributed by atoms with Crippen molar-refractivity contribution in [2.45, 2.75) is 33.0 Å². The number of benzene rings is 1. The quantitative estimate of drug-likeness (QED) is 0.757. The van der Waals surface area contributed by atoms with Crippen LogP contribution >= 0.6 is 11.3 Å². The maximum atomic E-state index is 4.12. The summed E-state index contributed by atoms with van der Waals surface area (Å²) in [6.45, 7) is 6.03.